The van der Waals surface area contributed by atoms with Gasteiger partial charge in [-0.25, -0.2) is 4.79 Å². The number of hydrogen-bond donors (Lipinski definition) is 1. The Kier molecular flexibility index (Phi) is 50.1. The number of unbranched alkanes of at least 4 members (excludes halogenated alkanes) is 28. The normalized spacial score (nSPS) is 13.2. The summed E-state index contributed by atoms with van der Waals surface area (Å²) in [6, 6.07) is 0. The van der Waals surface area contributed by atoms with Crippen molar-refractivity contribution in [3.63, 3.8) is 0 Å². The van der Waals surface area contributed by atoms with Gasteiger partial charge in [0, 0.05) is 12.8 Å². The first-order valence-electron chi connectivity index (χ1n) is 29.0. The Morgan fingerprint density at radius 2 is 0.814 bits per heavy atom. The lowest BCUT2D eigenvalue weighted by Gasteiger charge is -2.25. The Balaban J connectivity index is 4.24. The molecule has 0 aromatic rings. The maximum Gasteiger partial charge on any atom is 0.361 e. The summed E-state index contributed by atoms with van der Waals surface area (Å²) in [5, 5.41) is 9.69. The molecular weight excluding hydrogens is 875 g/mol. The zero-order chi connectivity index (χ0) is 51.3. The van der Waals surface area contributed by atoms with E-state index >= 15 is 0 Å². The minimum Gasteiger partial charge on any atom is -0.477 e. The fourth-order valence-corrected chi connectivity index (χ4v) is 8.10. The van der Waals surface area contributed by atoms with Crippen molar-refractivity contribution in [3.05, 3.63) is 60.8 Å². The van der Waals surface area contributed by atoms with E-state index in [-0.39, 0.29) is 32.2 Å². The summed E-state index contributed by atoms with van der Waals surface area (Å²) in [5.41, 5.74) is 0. The highest BCUT2D eigenvalue weighted by Crippen LogP contribution is 2.17. The number of quaternary nitrogens is 1. The molecule has 0 aliphatic heterocycles. The van der Waals surface area contributed by atoms with Gasteiger partial charge >= 0.3 is 17.9 Å². The first-order chi connectivity index (χ1) is 34.1. The molecule has 406 valence electrons. The van der Waals surface area contributed by atoms with Gasteiger partial charge in [0.25, 0.3) is 6.29 Å². The number of carboxylic acid groups (broad SMARTS) is 1. The predicted molar refractivity (Wildman–Crippen MR) is 295 cm³/mol. The highest BCUT2D eigenvalue weighted by Gasteiger charge is 2.25. The summed E-state index contributed by atoms with van der Waals surface area (Å²) in [5.74, 6) is -2.04. The summed E-state index contributed by atoms with van der Waals surface area (Å²) in [6.07, 6.45) is 63.1. The molecule has 9 nitrogen and oxygen atoms in total. The lowest BCUT2D eigenvalue weighted by molar-refractivity contribution is -0.870. The van der Waals surface area contributed by atoms with Crippen LogP contribution in [0.15, 0.2) is 60.8 Å². The zero-order valence-electron chi connectivity index (χ0n) is 46.2. The smallest absolute Gasteiger partial charge is 0.361 e. The minimum atomic E-state index is -1.52. The number of ether oxygens (including phenoxy) is 4. The second-order valence-electron chi connectivity index (χ2n) is 20.6. The number of aliphatic carboxylic acids is 1. The molecule has 0 spiro atoms. The standard InChI is InChI=1S/C61H109NO8/c1-6-8-10-12-14-16-18-20-22-24-26-27-28-29-30-31-32-34-35-37-39-41-43-45-47-49-51-58(63)68-55-57(56-69-61(60(65)66)67-54-53-62(3,4)5)70-59(64)52-50-48-46-44-42-40-38-36-33-25-23-21-19-17-15-13-11-9-7-2/h9,11,15,17,21,23,33,36,40,42,57,61H,6-8,10,12-14,16,18-20,22,24-32,34-35,37-39,41,43-56H2,1-5H3/p+1/b11-9-,17-15-,23-21-,36-33-,42-40-. The van der Waals surface area contributed by atoms with Crippen LogP contribution in [-0.4, -0.2) is 87.4 Å². The van der Waals surface area contributed by atoms with Gasteiger partial charge in [-0.1, -0.05) is 242 Å². The molecule has 0 heterocycles. The molecule has 0 bridgehead atoms. The molecule has 2 unspecified atom stereocenters. The van der Waals surface area contributed by atoms with Crippen molar-refractivity contribution >= 4 is 17.9 Å². The van der Waals surface area contributed by atoms with E-state index in [0.717, 1.165) is 70.6 Å². The summed E-state index contributed by atoms with van der Waals surface area (Å²) in [6.45, 7) is 4.75. The van der Waals surface area contributed by atoms with E-state index in [9.17, 15) is 19.5 Å². The fraction of sp³-hybridized carbons (Fsp3) is 0.787. The minimum absolute atomic E-state index is 0.180. The van der Waals surface area contributed by atoms with Crippen LogP contribution in [0.3, 0.4) is 0 Å². The maximum atomic E-state index is 12.8. The number of nitrogens with zero attached hydrogens (tertiary/aromatic N) is 1. The number of carboxylic acids is 1. The number of likely N-dealkylation sites (N-methyl/N-ethyl adjacent to an activating group) is 1. The third kappa shape index (κ3) is 52.8. The monoisotopic (exact) mass is 985 g/mol. The number of esters is 2. The summed E-state index contributed by atoms with van der Waals surface area (Å²) >= 11 is 0. The average Bonchev–Trinajstić information content (AvgIpc) is 3.33. The number of rotatable bonds is 53. The molecule has 0 fully saturated rings. The van der Waals surface area contributed by atoms with Crippen LogP contribution < -0.4 is 0 Å². The molecule has 0 aromatic heterocycles. The molecule has 0 rings (SSSR count). The van der Waals surface area contributed by atoms with Crippen molar-refractivity contribution in [2.75, 3.05) is 47.5 Å². The topological polar surface area (TPSA) is 108 Å². The molecule has 70 heavy (non-hydrogen) atoms. The number of carbonyl (C=O) groups excluding carboxylic acids is 2. The molecule has 9 heteroatoms. The van der Waals surface area contributed by atoms with Crippen molar-refractivity contribution in [3.8, 4) is 0 Å². The van der Waals surface area contributed by atoms with Gasteiger partial charge in [-0.3, -0.25) is 9.59 Å². The molecule has 0 radical (unpaired) electrons. The van der Waals surface area contributed by atoms with Crippen molar-refractivity contribution in [1.82, 2.24) is 0 Å². The Hall–Kier alpha value is -3.01. The second-order valence-corrected chi connectivity index (χ2v) is 20.6. The SMILES string of the molecule is CC/C=C\C/C=C\C/C=C\C/C=C\C/C=C\CCCCCC(=O)OC(COC(=O)CCCCCCCCCCCCCCCCCCCCCCCCCCCC)COC(OCC[N+](C)(C)C)C(=O)O. The van der Waals surface area contributed by atoms with E-state index in [1.165, 1.54) is 148 Å². The summed E-state index contributed by atoms with van der Waals surface area (Å²) < 4.78 is 22.8. The third-order valence-electron chi connectivity index (χ3n) is 12.5. The van der Waals surface area contributed by atoms with Crippen LogP contribution in [0.2, 0.25) is 0 Å². The first-order valence-corrected chi connectivity index (χ1v) is 29.0. The Morgan fingerprint density at radius 1 is 0.443 bits per heavy atom. The molecule has 0 aliphatic rings. The lowest BCUT2D eigenvalue weighted by Crippen LogP contribution is -2.40. The number of hydrogen-bond acceptors (Lipinski definition) is 7. The highest BCUT2D eigenvalue weighted by molar-refractivity contribution is 5.71. The van der Waals surface area contributed by atoms with E-state index in [2.05, 4.69) is 74.6 Å². The molecule has 0 aliphatic carbocycles. The van der Waals surface area contributed by atoms with Gasteiger partial charge in [0.1, 0.15) is 13.2 Å². The van der Waals surface area contributed by atoms with Crippen LogP contribution in [0, 0.1) is 0 Å². The van der Waals surface area contributed by atoms with Crippen molar-refractivity contribution in [2.24, 2.45) is 0 Å². The van der Waals surface area contributed by atoms with Crippen LogP contribution in [-0.2, 0) is 33.3 Å². The summed E-state index contributed by atoms with van der Waals surface area (Å²) in [4.78, 5) is 37.4. The van der Waals surface area contributed by atoms with Gasteiger partial charge in [-0.15, -0.1) is 0 Å². The van der Waals surface area contributed by atoms with Gasteiger partial charge in [0.05, 0.1) is 34.4 Å². The van der Waals surface area contributed by atoms with Gasteiger partial charge in [-0.2, -0.15) is 0 Å². The van der Waals surface area contributed by atoms with Crippen LogP contribution in [0.1, 0.15) is 251 Å². The van der Waals surface area contributed by atoms with E-state index in [4.69, 9.17) is 18.9 Å². The van der Waals surface area contributed by atoms with Crippen molar-refractivity contribution in [2.45, 2.75) is 264 Å². The molecule has 0 amide bonds. The number of carbonyl (C=O) groups is 3. The average molecular weight is 986 g/mol. The lowest BCUT2D eigenvalue weighted by atomic mass is 10.0. The second kappa shape index (κ2) is 52.3. The molecule has 0 aromatic carbocycles. The Bertz CT molecular complexity index is 1330. The first kappa shape index (κ1) is 67.0. The number of allylic oxidation sites excluding steroid dienone is 10. The van der Waals surface area contributed by atoms with E-state index in [0.29, 0.717) is 23.9 Å². The van der Waals surface area contributed by atoms with Crippen LogP contribution >= 0.6 is 0 Å². The predicted octanol–water partition coefficient (Wildman–Crippen LogP) is 16.8. The van der Waals surface area contributed by atoms with Crippen molar-refractivity contribution in [1.29, 1.82) is 0 Å². The van der Waals surface area contributed by atoms with Gasteiger partial charge < -0.3 is 28.5 Å². The third-order valence-corrected chi connectivity index (χ3v) is 12.5. The molecule has 0 saturated heterocycles. The quantitative estimate of drug-likeness (QED) is 0.0211. The maximum absolute atomic E-state index is 12.8. The zero-order valence-corrected chi connectivity index (χ0v) is 46.2. The molecule has 1 N–H and O–H groups in total. The molecular formula is C61H110NO8+. The van der Waals surface area contributed by atoms with Crippen LogP contribution in [0.4, 0.5) is 0 Å². The van der Waals surface area contributed by atoms with Crippen molar-refractivity contribution < 1.29 is 42.9 Å². The van der Waals surface area contributed by atoms with Gasteiger partial charge in [0.2, 0.25) is 0 Å². The molecule has 2 atom stereocenters. The van der Waals surface area contributed by atoms with Crippen LogP contribution in [0.25, 0.3) is 0 Å². The van der Waals surface area contributed by atoms with E-state index in [1.807, 2.05) is 21.1 Å². The van der Waals surface area contributed by atoms with Gasteiger partial charge in [-0.05, 0) is 57.8 Å². The Labute approximate surface area is 431 Å². The molecule has 0 saturated carbocycles. The van der Waals surface area contributed by atoms with Crippen LogP contribution in [0.5, 0.6) is 0 Å². The highest BCUT2D eigenvalue weighted by atomic mass is 16.7. The van der Waals surface area contributed by atoms with E-state index < -0.39 is 24.3 Å². The van der Waals surface area contributed by atoms with Gasteiger partial charge in [0.15, 0.2) is 6.10 Å². The largest absolute Gasteiger partial charge is 0.477 e. The summed E-state index contributed by atoms with van der Waals surface area (Å²) in [7, 11) is 5.96. The fourth-order valence-electron chi connectivity index (χ4n) is 8.10. The Morgan fingerprint density at radius 3 is 1.21 bits per heavy atom. The van der Waals surface area contributed by atoms with E-state index in [1.54, 1.807) is 0 Å².